The van der Waals surface area contributed by atoms with E-state index >= 15 is 0 Å². The quantitative estimate of drug-likeness (QED) is 0.933. The Morgan fingerprint density at radius 3 is 3.10 bits per heavy atom. The highest BCUT2D eigenvalue weighted by Gasteiger charge is 2.23. The van der Waals surface area contributed by atoms with Crippen molar-refractivity contribution < 1.29 is 4.79 Å². The summed E-state index contributed by atoms with van der Waals surface area (Å²) in [7, 11) is 1.96. The van der Waals surface area contributed by atoms with Crippen LogP contribution in [0.4, 0.5) is 0 Å². The summed E-state index contributed by atoms with van der Waals surface area (Å²) in [6, 6.07) is 8.10. The van der Waals surface area contributed by atoms with Crippen LogP contribution in [0.1, 0.15) is 23.2 Å². The van der Waals surface area contributed by atoms with Crippen LogP contribution in [0.5, 0.6) is 0 Å². The molecule has 1 aliphatic rings. The van der Waals surface area contributed by atoms with E-state index in [1.54, 1.807) is 12.5 Å². The van der Waals surface area contributed by atoms with Crippen molar-refractivity contribution in [3.63, 3.8) is 0 Å². The van der Waals surface area contributed by atoms with Gasteiger partial charge in [-0.2, -0.15) is 0 Å². The summed E-state index contributed by atoms with van der Waals surface area (Å²) in [5, 5.41) is 3.27. The molecule has 0 saturated carbocycles. The highest BCUT2D eigenvalue weighted by atomic mass is 16.2. The summed E-state index contributed by atoms with van der Waals surface area (Å²) in [6.45, 7) is 1.62. The fourth-order valence-corrected chi connectivity index (χ4v) is 2.79. The molecule has 1 atom stereocenters. The number of benzene rings is 1. The van der Waals surface area contributed by atoms with Crippen LogP contribution in [0.15, 0.2) is 43.0 Å². The molecule has 1 fully saturated rings. The third-order valence-electron chi connectivity index (χ3n) is 4.01. The minimum Gasteiger partial charge on any atom is -0.337 e. The average molecular weight is 284 g/mol. The van der Waals surface area contributed by atoms with Gasteiger partial charge in [-0.25, -0.2) is 4.98 Å². The number of carbonyl (C=O) groups is 1. The van der Waals surface area contributed by atoms with Gasteiger partial charge in [0.1, 0.15) is 0 Å². The maximum absolute atomic E-state index is 12.7. The lowest BCUT2D eigenvalue weighted by Crippen LogP contribution is -2.46. The van der Waals surface area contributed by atoms with Crippen LogP contribution in [0.25, 0.3) is 5.69 Å². The molecule has 3 rings (SSSR count). The van der Waals surface area contributed by atoms with Gasteiger partial charge in [0, 0.05) is 42.8 Å². The standard InChI is InChI=1S/C16H20N4O/c1-17-14-5-3-8-19(11-14)16(21)13-4-2-6-15(10-13)20-9-7-18-12-20/h2,4,6-7,9-10,12,14,17H,3,5,8,11H2,1H3/t14-/m1/s1. The largest absolute Gasteiger partial charge is 0.337 e. The van der Waals surface area contributed by atoms with Gasteiger partial charge in [-0.1, -0.05) is 6.07 Å². The van der Waals surface area contributed by atoms with E-state index < -0.39 is 0 Å². The second-order valence-electron chi connectivity index (χ2n) is 5.40. The second-order valence-corrected chi connectivity index (χ2v) is 5.40. The van der Waals surface area contributed by atoms with Crippen LogP contribution in [0.3, 0.4) is 0 Å². The lowest BCUT2D eigenvalue weighted by Gasteiger charge is -2.32. The second kappa shape index (κ2) is 6.10. The molecule has 5 heteroatoms. The summed E-state index contributed by atoms with van der Waals surface area (Å²) in [5.74, 6) is 0.108. The van der Waals surface area contributed by atoms with E-state index in [2.05, 4.69) is 10.3 Å². The van der Waals surface area contributed by atoms with Crippen LogP contribution in [0, 0.1) is 0 Å². The smallest absolute Gasteiger partial charge is 0.253 e. The van der Waals surface area contributed by atoms with Crippen molar-refractivity contribution in [1.82, 2.24) is 19.8 Å². The summed E-state index contributed by atoms with van der Waals surface area (Å²) >= 11 is 0. The Balaban J connectivity index is 1.80. The van der Waals surface area contributed by atoms with Gasteiger partial charge >= 0.3 is 0 Å². The number of nitrogens with zero attached hydrogens (tertiary/aromatic N) is 3. The van der Waals surface area contributed by atoms with Crippen molar-refractivity contribution >= 4 is 5.91 Å². The minimum atomic E-state index is 0.108. The molecule has 1 N–H and O–H groups in total. The molecule has 5 nitrogen and oxygen atoms in total. The molecule has 0 unspecified atom stereocenters. The number of rotatable bonds is 3. The normalized spacial score (nSPS) is 18.7. The molecule has 0 aliphatic carbocycles. The number of amides is 1. The molecular weight excluding hydrogens is 264 g/mol. The number of aromatic nitrogens is 2. The van der Waals surface area contributed by atoms with Crippen molar-refractivity contribution in [3.05, 3.63) is 48.5 Å². The van der Waals surface area contributed by atoms with E-state index in [0.717, 1.165) is 37.2 Å². The van der Waals surface area contributed by atoms with Crippen LogP contribution in [-0.4, -0.2) is 46.5 Å². The van der Waals surface area contributed by atoms with Gasteiger partial charge in [0.15, 0.2) is 0 Å². The summed E-state index contributed by atoms with van der Waals surface area (Å²) < 4.78 is 1.91. The first-order valence-electron chi connectivity index (χ1n) is 7.33. The van der Waals surface area contributed by atoms with Crippen molar-refractivity contribution in [1.29, 1.82) is 0 Å². The highest BCUT2D eigenvalue weighted by molar-refractivity contribution is 5.94. The van der Waals surface area contributed by atoms with E-state index in [-0.39, 0.29) is 5.91 Å². The van der Waals surface area contributed by atoms with E-state index in [1.165, 1.54) is 0 Å². The van der Waals surface area contributed by atoms with Gasteiger partial charge in [-0.05, 0) is 38.1 Å². The first-order valence-corrected chi connectivity index (χ1v) is 7.33. The van der Waals surface area contributed by atoms with Crippen molar-refractivity contribution in [2.75, 3.05) is 20.1 Å². The molecule has 1 aromatic carbocycles. The zero-order chi connectivity index (χ0) is 14.7. The third-order valence-corrected chi connectivity index (χ3v) is 4.01. The predicted octanol–water partition coefficient (Wildman–Crippen LogP) is 1.70. The molecule has 0 spiro atoms. The Kier molecular flexibility index (Phi) is 4.01. The number of likely N-dealkylation sites (tertiary alicyclic amines) is 1. The van der Waals surface area contributed by atoms with Gasteiger partial charge in [0.25, 0.3) is 5.91 Å². The van der Waals surface area contributed by atoms with Gasteiger partial charge < -0.3 is 14.8 Å². The maximum Gasteiger partial charge on any atom is 0.253 e. The maximum atomic E-state index is 12.7. The summed E-state index contributed by atoms with van der Waals surface area (Å²) in [6.07, 6.45) is 7.54. The van der Waals surface area contributed by atoms with Crippen molar-refractivity contribution in [2.45, 2.75) is 18.9 Å². The molecule has 1 aromatic heterocycles. The number of likely N-dealkylation sites (N-methyl/N-ethyl adjacent to an activating group) is 1. The van der Waals surface area contributed by atoms with E-state index in [0.29, 0.717) is 6.04 Å². The Bertz CT molecular complexity index is 608. The Labute approximate surface area is 124 Å². The average Bonchev–Trinajstić information content (AvgIpc) is 3.09. The Hall–Kier alpha value is -2.14. The molecule has 1 saturated heterocycles. The SMILES string of the molecule is CN[C@@H]1CCCN(C(=O)c2cccc(-n3ccnc3)c2)C1. The lowest BCUT2D eigenvalue weighted by molar-refractivity contribution is 0.0698. The molecular formula is C16H20N4O. The van der Waals surface area contributed by atoms with Crippen molar-refractivity contribution in [2.24, 2.45) is 0 Å². The fourth-order valence-electron chi connectivity index (χ4n) is 2.79. The van der Waals surface area contributed by atoms with Gasteiger partial charge in [0.05, 0.1) is 6.33 Å². The molecule has 1 aliphatic heterocycles. The molecule has 110 valence electrons. The lowest BCUT2D eigenvalue weighted by atomic mass is 10.0. The number of hydrogen-bond donors (Lipinski definition) is 1. The molecule has 2 heterocycles. The Morgan fingerprint density at radius 2 is 2.33 bits per heavy atom. The van der Waals surface area contributed by atoms with Crippen LogP contribution in [0.2, 0.25) is 0 Å². The van der Waals surface area contributed by atoms with Crippen molar-refractivity contribution in [3.8, 4) is 5.69 Å². The van der Waals surface area contributed by atoms with Gasteiger partial charge in [0.2, 0.25) is 0 Å². The molecule has 2 aromatic rings. The van der Waals surface area contributed by atoms with Gasteiger partial charge in [-0.15, -0.1) is 0 Å². The predicted molar refractivity (Wildman–Crippen MR) is 81.5 cm³/mol. The monoisotopic (exact) mass is 284 g/mol. The first-order chi connectivity index (χ1) is 10.3. The molecule has 0 bridgehead atoms. The molecule has 1 amide bonds. The number of nitrogens with one attached hydrogen (secondary N) is 1. The number of carbonyl (C=O) groups excluding carboxylic acids is 1. The highest BCUT2D eigenvalue weighted by Crippen LogP contribution is 2.16. The zero-order valence-corrected chi connectivity index (χ0v) is 12.2. The van der Waals surface area contributed by atoms with Gasteiger partial charge in [-0.3, -0.25) is 4.79 Å². The van der Waals surface area contributed by atoms with Crippen LogP contribution >= 0.6 is 0 Å². The fraction of sp³-hybridized carbons (Fsp3) is 0.375. The van der Waals surface area contributed by atoms with E-state index in [1.807, 2.05) is 47.0 Å². The minimum absolute atomic E-state index is 0.108. The molecule has 0 radical (unpaired) electrons. The number of piperidine rings is 1. The van der Waals surface area contributed by atoms with Crippen LogP contribution < -0.4 is 5.32 Å². The number of imidazole rings is 1. The van der Waals surface area contributed by atoms with E-state index in [4.69, 9.17) is 0 Å². The number of hydrogen-bond acceptors (Lipinski definition) is 3. The topological polar surface area (TPSA) is 50.2 Å². The third kappa shape index (κ3) is 2.97. The van der Waals surface area contributed by atoms with E-state index in [9.17, 15) is 4.79 Å². The first kappa shape index (κ1) is 13.8. The Morgan fingerprint density at radius 1 is 1.43 bits per heavy atom. The molecule has 21 heavy (non-hydrogen) atoms. The summed E-state index contributed by atoms with van der Waals surface area (Å²) in [5.41, 5.74) is 1.69. The zero-order valence-electron chi connectivity index (χ0n) is 12.2. The summed E-state index contributed by atoms with van der Waals surface area (Å²) in [4.78, 5) is 18.6. The van der Waals surface area contributed by atoms with Crippen LogP contribution in [-0.2, 0) is 0 Å².